The van der Waals surface area contributed by atoms with Gasteiger partial charge in [0.1, 0.15) is 6.04 Å². The molecule has 1 aliphatic heterocycles. The Morgan fingerprint density at radius 1 is 1.39 bits per heavy atom. The van der Waals surface area contributed by atoms with Crippen LogP contribution in [0.1, 0.15) is 43.3 Å². The number of carbonyl (C=O) groups is 2. The number of nitrogens with two attached hydrogens (primary N) is 1. The molecular formula is C17H27N3O2S. The van der Waals surface area contributed by atoms with Crippen LogP contribution in [0.5, 0.6) is 0 Å². The van der Waals surface area contributed by atoms with Crippen molar-refractivity contribution in [2.45, 2.75) is 45.7 Å². The maximum absolute atomic E-state index is 12.9. The van der Waals surface area contributed by atoms with Crippen LogP contribution in [-0.4, -0.2) is 41.9 Å². The van der Waals surface area contributed by atoms with Crippen molar-refractivity contribution in [2.24, 2.45) is 17.6 Å². The molecule has 3 N–H and O–H groups in total. The molecule has 128 valence electrons. The number of carbonyl (C=O) groups excluding carboxylic acids is 2. The summed E-state index contributed by atoms with van der Waals surface area (Å²) in [5.74, 6) is 0.221. The Morgan fingerprint density at radius 2 is 2.13 bits per heavy atom. The monoisotopic (exact) mass is 337 g/mol. The Balaban J connectivity index is 2.04. The number of hydrogen-bond donors (Lipinski definition) is 2. The van der Waals surface area contributed by atoms with Crippen molar-refractivity contribution in [3.63, 3.8) is 0 Å². The number of hydrogen-bond acceptors (Lipinski definition) is 4. The molecule has 6 heteroatoms. The molecule has 1 fully saturated rings. The van der Waals surface area contributed by atoms with Gasteiger partial charge in [-0.2, -0.15) is 0 Å². The van der Waals surface area contributed by atoms with Crippen molar-refractivity contribution in [3.05, 3.63) is 22.4 Å². The van der Waals surface area contributed by atoms with Crippen molar-refractivity contribution >= 4 is 23.2 Å². The lowest BCUT2D eigenvalue weighted by atomic mass is 9.91. The number of nitrogens with zero attached hydrogens (tertiary/aromatic N) is 1. The maximum Gasteiger partial charge on any atom is 0.262 e. The van der Waals surface area contributed by atoms with E-state index in [0.717, 1.165) is 19.4 Å². The molecule has 0 spiro atoms. The van der Waals surface area contributed by atoms with Crippen molar-refractivity contribution in [2.75, 3.05) is 13.1 Å². The average Bonchev–Trinajstić information content (AvgIpc) is 3.06. The summed E-state index contributed by atoms with van der Waals surface area (Å²) in [5.41, 5.74) is 6.00. The molecule has 2 amide bonds. The fourth-order valence-electron chi connectivity index (χ4n) is 2.97. The third-order valence-corrected chi connectivity index (χ3v) is 5.35. The van der Waals surface area contributed by atoms with Gasteiger partial charge in [-0.05, 0) is 43.0 Å². The predicted molar refractivity (Wildman–Crippen MR) is 93.4 cm³/mol. The zero-order valence-electron chi connectivity index (χ0n) is 14.1. The largest absolute Gasteiger partial charge is 0.341 e. The number of rotatable bonds is 5. The SMILES string of the molecule is CC(C)C(NC(=O)c1cccs1)C(=O)N1CCCC(C(C)N)C1. The van der Waals surface area contributed by atoms with Crippen LogP contribution < -0.4 is 11.1 Å². The van der Waals surface area contributed by atoms with Crippen LogP contribution >= 0.6 is 11.3 Å². The highest BCUT2D eigenvalue weighted by atomic mass is 32.1. The molecule has 5 nitrogen and oxygen atoms in total. The number of likely N-dealkylation sites (tertiary alicyclic amines) is 1. The van der Waals surface area contributed by atoms with E-state index in [4.69, 9.17) is 5.73 Å². The van der Waals surface area contributed by atoms with E-state index < -0.39 is 6.04 Å². The van der Waals surface area contributed by atoms with E-state index in [1.54, 1.807) is 6.07 Å². The van der Waals surface area contributed by atoms with Crippen LogP contribution in [0, 0.1) is 11.8 Å². The number of thiophene rings is 1. The lowest BCUT2D eigenvalue weighted by molar-refractivity contribution is -0.136. The van der Waals surface area contributed by atoms with Crippen LogP contribution in [0.4, 0.5) is 0 Å². The smallest absolute Gasteiger partial charge is 0.262 e. The summed E-state index contributed by atoms with van der Waals surface area (Å²) in [7, 11) is 0. The number of amides is 2. The van der Waals surface area contributed by atoms with Gasteiger partial charge in [0, 0.05) is 19.1 Å². The number of piperidine rings is 1. The minimum atomic E-state index is -0.489. The summed E-state index contributed by atoms with van der Waals surface area (Å²) >= 11 is 1.38. The first-order chi connectivity index (χ1) is 10.9. The van der Waals surface area contributed by atoms with E-state index >= 15 is 0 Å². The topological polar surface area (TPSA) is 75.4 Å². The number of nitrogens with one attached hydrogen (secondary N) is 1. The first-order valence-corrected chi connectivity index (χ1v) is 9.17. The highest BCUT2D eigenvalue weighted by Crippen LogP contribution is 2.21. The zero-order valence-corrected chi connectivity index (χ0v) is 14.9. The van der Waals surface area contributed by atoms with Gasteiger partial charge in [0.05, 0.1) is 4.88 Å². The van der Waals surface area contributed by atoms with E-state index in [1.165, 1.54) is 11.3 Å². The highest BCUT2D eigenvalue weighted by molar-refractivity contribution is 7.12. The van der Waals surface area contributed by atoms with Gasteiger partial charge in [-0.3, -0.25) is 9.59 Å². The van der Waals surface area contributed by atoms with Crippen LogP contribution in [0.25, 0.3) is 0 Å². The molecule has 2 rings (SSSR count). The lowest BCUT2D eigenvalue weighted by Crippen LogP contribution is -2.54. The molecule has 2 heterocycles. The molecule has 23 heavy (non-hydrogen) atoms. The predicted octanol–water partition coefficient (Wildman–Crippen LogP) is 2.09. The van der Waals surface area contributed by atoms with E-state index in [1.807, 2.05) is 37.1 Å². The van der Waals surface area contributed by atoms with Gasteiger partial charge in [0.15, 0.2) is 0 Å². The summed E-state index contributed by atoms with van der Waals surface area (Å²) < 4.78 is 0. The summed E-state index contributed by atoms with van der Waals surface area (Å²) in [5, 5.41) is 4.77. The molecule has 1 aliphatic rings. The summed E-state index contributed by atoms with van der Waals surface area (Å²) in [6.07, 6.45) is 2.04. The van der Waals surface area contributed by atoms with Gasteiger partial charge >= 0.3 is 0 Å². The Labute approximate surface area is 142 Å². The minimum Gasteiger partial charge on any atom is -0.341 e. The normalized spacial score (nSPS) is 21.1. The second-order valence-electron chi connectivity index (χ2n) is 6.72. The zero-order chi connectivity index (χ0) is 17.0. The third-order valence-electron chi connectivity index (χ3n) is 4.48. The first kappa shape index (κ1) is 17.9. The fraction of sp³-hybridized carbons (Fsp3) is 0.647. The molecule has 1 saturated heterocycles. The molecule has 1 aromatic heterocycles. The first-order valence-electron chi connectivity index (χ1n) is 8.29. The fourth-order valence-corrected chi connectivity index (χ4v) is 3.60. The second-order valence-corrected chi connectivity index (χ2v) is 7.67. The molecule has 0 aliphatic carbocycles. The Hall–Kier alpha value is -1.40. The summed E-state index contributed by atoms with van der Waals surface area (Å²) in [6, 6.07) is 3.21. The Kier molecular flexibility index (Phi) is 6.18. The maximum atomic E-state index is 12.9. The summed E-state index contributed by atoms with van der Waals surface area (Å²) in [6.45, 7) is 7.36. The van der Waals surface area contributed by atoms with Gasteiger partial charge in [-0.25, -0.2) is 0 Å². The summed E-state index contributed by atoms with van der Waals surface area (Å²) in [4.78, 5) is 27.7. The molecule has 3 unspecified atom stereocenters. The van der Waals surface area contributed by atoms with Gasteiger partial charge in [0.2, 0.25) is 5.91 Å². The van der Waals surface area contributed by atoms with Gasteiger partial charge in [-0.15, -0.1) is 11.3 Å². The standard InChI is InChI=1S/C17H27N3O2S/c1-11(2)15(19-16(21)14-7-5-9-23-14)17(22)20-8-4-6-13(10-20)12(3)18/h5,7,9,11-13,15H,4,6,8,10,18H2,1-3H3,(H,19,21). The highest BCUT2D eigenvalue weighted by Gasteiger charge is 2.32. The van der Waals surface area contributed by atoms with Crippen molar-refractivity contribution in [1.29, 1.82) is 0 Å². The van der Waals surface area contributed by atoms with Gasteiger partial charge in [0.25, 0.3) is 5.91 Å². The van der Waals surface area contributed by atoms with E-state index in [9.17, 15) is 9.59 Å². The van der Waals surface area contributed by atoms with Crippen LogP contribution in [0.3, 0.4) is 0 Å². The van der Waals surface area contributed by atoms with Gasteiger partial charge < -0.3 is 16.0 Å². The molecule has 1 aromatic rings. The van der Waals surface area contributed by atoms with Crippen LogP contribution in [0.15, 0.2) is 17.5 Å². The van der Waals surface area contributed by atoms with Crippen LogP contribution in [0.2, 0.25) is 0 Å². The Bertz CT molecular complexity index is 528. The van der Waals surface area contributed by atoms with Crippen molar-refractivity contribution in [3.8, 4) is 0 Å². The lowest BCUT2D eigenvalue weighted by Gasteiger charge is -2.37. The van der Waals surface area contributed by atoms with E-state index in [-0.39, 0.29) is 23.8 Å². The third kappa shape index (κ3) is 4.54. The average molecular weight is 337 g/mol. The molecule has 0 radical (unpaired) electrons. The quantitative estimate of drug-likeness (QED) is 0.864. The van der Waals surface area contributed by atoms with E-state index in [2.05, 4.69) is 5.32 Å². The second kappa shape index (κ2) is 7.93. The van der Waals surface area contributed by atoms with Crippen molar-refractivity contribution < 1.29 is 9.59 Å². The Morgan fingerprint density at radius 3 is 2.70 bits per heavy atom. The molecule has 3 atom stereocenters. The molecule has 0 saturated carbocycles. The van der Waals surface area contributed by atoms with Crippen LogP contribution in [-0.2, 0) is 4.79 Å². The minimum absolute atomic E-state index is 0.00950. The molecular weight excluding hydrogens is 310 g/mol. The van der Waals surface area contributed by atoms with E-state index in [0.29, 0.717) is 17.3 Å². The molecule has 0 aromatic carbocycles. The molecule has 0 bridgehead atoms. The van der Waals surface area contributed by atoms with Gasteiger partial charge in [-0.1, -0.05) is 19.9 Å². The van der Waals surface area contributed by atoms with Crippen molar-refractivity contribution in [1.82, 2.24) is 10.2 Å².